The molecule has 1 aromatic carbocycles. The Labute approximate surface area is 125 Å². The smallest absolute Gasteiger partial charge is 0.234 e. The fourth-order valence-corrected chi connectivity index (χ4v) is 2.73. The first-order valence-electron chi connectivity index (χ1n) is 7.04. The van der Waals surface area contributed by atoms with Crippen molar-refractivity contribution in [3.63, 3.8) is 0 Å². The summed E-state index contributed by atoms with van der Waals surface area (Å²) in [5.41, 5.74) is 6.84. The van der Waals surface area contributed by atoms with Gasteiger partial charge in [-0.1, -0.05) is 29.8 Å². The topological polar surface area (TPSA) is 58.4 Å². The molecule has 0 spiro atoms. The lowest BCUT2D eigenvalue weighted by molar-refractivity contribution is -0.122. The van der Waals surface area contributed by atoms with E-state index in [2.05, 4.69) is 10.2 Å². The number of halogens is 1. The molecule has 1 aliphatic heterocycles. The Hall–Kier alpha value is -1.10. The van der Waals surface area contributed by atoms with Crippen molar-refractivity contribution < 1.29 is 4.79 Å². The Morgan fingerprint density at radius 2 is 2.30 bits per heavy atom. The van der Waals surface area contributed by atoms with E-state index in [1.165, 1.54) is 0 Å². The van der Waals surface area contributed by atoms with Gasteiger partial charge in [0.05, 0.1) is 6.54 Å². The summed E-state index contributed by atoms with van der Waals surface area (Å²) in [5, 5.41) is 3.60. The summed E-state index contributed by atoms with van der Waals surface area (Å²) in [7, 11) is 0. The average Bonchev–Trinajstić information content (AvgIpc) is 2.86. The van der Waals surface area contributed by atoms with Crippen LogP contribution in [0.25, 0.3) is 0 Å². The van der Waals surface area contributed by atoms with Gasteiger partial charge in [-0.3, -0.25) is 9.69 Å². The van der Waals surface area contributed by atoms with Crippen LogP contribution >= 0.6 is 11.6 Å². The summed E-state index contributed by atoms with van der Waals surface area (Å²) in [6, 6.07) is 7.75. The number of nitrogens with one attached hydrogen (secondary N) is 1. The molecule has 1 aliphatic rings. The molecule has 0 aromatic heterocycles. The number of nitrogens with two attached hydrogens (primary N) is 1. The number of carbonyl (C=O) groups is 1. The van der Waals surface area contributed by atoms with Crippen molar-refractivity contribution in [3.05, 3.63) is 34.9 Å². The lowest BCUT2D eigenvalue weighted by Crippen LogP contribution is -2.37. The predicted octanol–water partition coefficient (Wildman–Crippen LogP) is 1.63. The van der Waals surface area contributed by atoms with Crippen molar-refractivity contribution in [3.8, 4) is 0 Å². The van der Waals surface area contributed by atoms with Crippen LogP contribution < -0.4 is 11.1 Å². The molecule has 0 aliphatic carbocycles. The van der Waals surface area contributed by atoms with E-state index in [1.54, 1.807) is 0 Å². The van der Waals surface area contributed by atoms with Gasteiger partial charge in [0.25, 0.3) is 0 Å². The van der Waals surface area contributed by atoms with Crippen LogP contribution in [0, 0.1) is 5.92 Å². The van der Waals surface area contributed by atoms with E-state index in [0.717, 1.165) is 25.1 Å². The Bertz CT molecular complexity index is 464. The number of nitrogens with zero attached hydrogens (tertiary/aromatic N) is 1. The zero-order valence-corrected chi connectivity index (χ0v) is 12.6. The quantitative estimate of drug-likeness (QED) is 0.868. The lowest BCUT2D eigenvalue weighted by atomic mass is 10.0. The van der Waals surface area contributed by atoms with Gasteiger partial charge in [0, 0.05) is 24.2 Å². The summed E-state index contributed by atoms with van der Waals surface area (Å²) < 4.78 is 0. The van der Waals surface area contributed by atoms with E-state index in [1.807, 2.05) is 31.2 Å². The monoisotopic (exact) mass is 295 g/mol. The predicted molar refractivity (Wildman–Crippen MR) is 81.5 cm³/mol. The number of benzene rings is 1. The third-order valence-corrected chi connectivity index (χ3v) is 4.22. The molecule has 1 fully saturated rings. The number of amides is 1. The van der Waals surface area contributed by atoms with Crippen molar-refractivity contribution in [2.24, 2.45) is 11.7 Å². The van der Waals surface area contributed by atoms with Gasteiger partial charge in [-0.15, -0.1) is 0 Å². The first-order valence-corrected chi connectivity index (χ1v) is 7.42. The average molecular weight is 296 g/mol. The van der Waals surface area contributed by atoms with Gasteiger partial charge in [-0.2, -0.15) is 0 Å². The minimum atomic E-state index is 0.0373. The number of hydrogen-bond donors (Lipinski definition) is 2. The molecule has 2 rings (SSSR count). The molecule has 1 heterocycles. The maximum Gasteiger partial charge on any atom is 0.234 e. The zero-order valence-electron chi connectivity index (χ0n) is 11.8. The number of rotatable bonds is 5. The van der Waals surface area contributed by atoms with Crippen LogP contribution in [-0.4, -0.2) is 36.5 Å². The van der Waals surface area contributed by atoms with Crippen LogP contribution in [0.15, 0.2) is 24.3 Å². The highest BCUT2D eigenvalue weighted by atomic mass is 35.5. The highest BCUT2D eigenvalue weighted by molar-refractivity contribution is 6.31. The highest BCUT2D eigenvalue weighted by Gasteiger charge is 2.26. The fraction of sp³-hybridized carbons (Fsp3) is 0.533. The Kier molecular flexibility index (Phi) is 5.40. The lowest BCUT2D eigenvalue weighted by Gasteiger charge is -2.17. The molecular formula is C15H22ClN3O. The molecule has 3 N–H and O–H groups in total. The standard InChI is InChI=1S/C15H22ClN3O/c1-11(17)13-6-7-19(9-13)10-15(20)18-8-12-4-2-3-5-14(12)16/h2-5,11,13H,6-10,17H2,1H3,(H,18,20). The largest absolute Gasteiger partial charge is 0.351 e. The summed E-state index contributed by atoms with van der Waals surface area (Å²) in [5.74, 6) is 0.543. The van der Waals surface area contributed by atoms with Crippen molar-refractivity contribution in [1.29, 1.82) is 0 Å². The second-order valence-electron chi connectivity index (χ2n) is 5.51. The number of hydrogen-bond acceptors (Lipinski definition) is 3. The van der Waals surface area contributed by atoms with E-state index in [4.69, 9.17) is 17.3 Å². The molecule has 110 valence electrons. The number of likely N-dealkylation sites (tertiary alicyclic amines) is 1. The van der Waals surface area contributed by atoms with Crippen LogP contribution in [0.2, 0.25) is 5.02 Å². The summed E-state index contributed by atoms with van der Waals surface area (Å²) in [6.07, 6.45) is 1.08. The molecule has 2 unspecified atom stereocenters. The Morgan fingerprint density at radius 1 is 1.55 bits per heavy atom. The van der Waals surface area contributed by atoms with Gasteiger partial charge in [-0.05, 0) is 37.4 Å². The summed E-state index contributed by atoms with van der Waals surface area (Å²) in [6.45, 7) is 4.81. The van der Waals surface area contributed by atoms with E-state index in [9.17, 15) is 4.79 Å². The van der Waals surface area contributed by atoms with Crippen LogP contribution in [0.4, 0.5) is 0 Å². The van der Waals surface area contributed by atoms with E-state index < -0.39 is 0 Å². The molecule has 5 heteroatoms. The Balaban J connectivity index is 1.75. The highest BCUT2D eigenvalue weighted by Crippen LogP contribution is 2.18. The zero-order chi connectivity index (χ0) is 14.5. The van der Waals surface area contributed by atoms with Crippen molar-refractivity contribution in [2.45, 2.75) is 25.9 Å². The van der Waals surface area contributed by atoms with E-state index in [0.29, 0.717) is 24.0 Å². The third-order valence-electron chi connectivity index (χ3n) is 3.85. The number of carbonyl (C=O) groups excluding carboxylic acids is 1. The molecule has 0 saturated carbocycles. The molecule has 0 radical (unpaired) electrons. The van der Waals surface area contributed by atoms with Crippen molar-refractivity contribution >= 4 is 17.5 Å². The Morgan fingerprint density at radius 3 is 2.95 bits per heavy atom. The second-order valence-corrected chi connectivity index (χ2v) is 5.92. The molecule has 20 heavy (non-hydrogen) atoms. The molecular weight excluding hydrogens is 274 g/mol. The minimum absolute atomic E-state index is 0.0373. The fourth-order valence-electron chi connectivity index (χ4n) is 2.53. The first-order chi connectivity index (χ1) is 9.56. The van der Waals surface area contributed by atoms with Crippen LogP contribution in [-0.2, 0) is 11.3 Å². The maximum atomic E-state index is 11.9. The van der Waals surface area contributed by atoms with Crippen LogP contribution in [0.3, 0.4) is 0 Å². The van der Waals surface area contributed by atoms with Gasteiger partial charge < -0.3 is 11.1 Å². The van der Waals surface area contributed by atoms with Gasteiger partial charge in [0.1, 0.15) is 0 Å². The van der Waals surface area contributed by atoms with Crippen LogP contribution in [0.5, 0.6) is 0 Å². The van der Waals surface area contributed by atoms with E-state index in [-0.39, 0.29) is 11.9 Å². The van der Waals surface area contributed by atoms with Gasteiger partial charge in [0.2, 0.25) is 5.91 Å². The molecule has 4 nitrogen and oxygen atoms in total. The SMILES string of the molecule is CC(N)C1CCN(CC(=O)NCc2ccccc2Cl)C1. The van der Waals surface area contributed by atoms with E-state index >= 15 is 0 Å². The molecule has 0 bridgehead atoms. The summed E-state index contributed by atoms with van der Waals surface area (Å²) in [4.78, 5) is 14.1. The minimum Gasteiger partial charge on any atom is -0.351 e. The van der Waals surface area contributed by atoms with Crippen LogP contribution in [0.1, 0.15) is 18.9 Å². The first kappa shape index (κ1) is 15.3. The molecule has 1 aromatic rings. The maximum absolute atomic E-state index is 11.9. The van der Waals surface area contributed by atoms with Gasteiger partial charge in [0.15, 0.2) is 0 Å². The molecule has 1 saturated heterocycles. The second kappa shape index (κ2) is 7.07. The normalized spacial score (nSPS) is 20.9. The van der Waals surface area contributed by atoms with Crippen molar-refractivity contribution in [1.82, 2.24) is 10.2 Å². The third kappa shape index (κ3) is 4.20. The van der Waals surface area contributed by atoms with Crippen molar-refractivity contribution in [2.75, 3.05) is 19.6 Å². The molecule has 2 atom stereocenters. The van der Waals surface area contributed by atoms with Gasteiger partial charge in [-0.25, -0.2) is 0 Å². The molecule has 1 amide bonds. The van der Waals surface area contributed by atoms with Gasteiger partial charge >= 0.3 is 0 Å². The summed E-state index contributed by atoms with van der Waals surface area (Å²) >= 11 is 6.06.